The molecule has 0 aliphatic heterocycles. The summed E-state index contributed by atoms with van der Waals surface area (Å²) in [5.41, 5.74) is 2.90. The van der Waals surface area contributed by atoms with E-state index in [0.29, 0.717) is 17.2 Å². The fourth-order valence-electron chi connectivity index (χ4n) is 2.59. The Morgan fingerprint density at radius 1 is 1.20 bits per heavy atom. The van der Waals surface area contributed by atoms with E-state index >= 15 is 0 Å². The monoisotopic (exact) mass is 335 g/mol. The molecule has 124 valence electrons. The summed E-state index contributed by atoms with van der Waals surface area (Å²) in [5, 5.41) is 6.95. The highest BCUT2D eigenvalue weighted by Gasteiger charge is 2.09. The van der Waals surface area contributed by atoms with Crippen molar-refractivity contribution in [1.29, 1.82) is 0 Å². The molecule has 0 unspecified atom stereocenters. The first-order chi connectivity index (χ1) is 12.2. The van der Waals surface area contributed by atoms with Gasteiger partial charge in [0.1, 0.15) is 5.82 Å². The molecule has 0 aliphatic rings. The van der Waals surface area contributed by atoms with Crippen molar-refractivity contribution in [3.05, 3.63) is 72.3 Å². The van der Waals surface area contributed by atoms with Crippen molar-refractivity contribution in [2.75, 3.05) is 5.32 Å². The predicted molar refractivity (Wildman–Crippen MR) is 91.9 cm³/mol. The first-order valence-electron chi connectivity index (χ1n) is 7.71. The maximum Gasteiger partial charge on any atom is 0.229 e. The summed E-state index contributed by atoms with van der Waals surface area (Å²) < 4.78 is 14.7. The molecule has 7 heteroatoms. The van der Waals surface area contributed by atoms with Crippen LogP contribution in [0.5, 0.6) is 0 Å². The number of H-pyrrole nitrogens is 1. The fourth-order valence-corrected chi connectivity index (χ4v) is 2.59. The summed E-state index contributed by atoms with van der Waals surface area (Å²) in [6.45, 7) is 0. The van der Waals surface area contributed by atoms with E-state index in [9.17, 15) is 9.18 Å². The standard InChI is InChI=1S/C18H14FN5O/c19-13-5-3-4-12(8-13)9-17(25)21-14-10-20-24(11-14)18-22-15-6-1-2-7-16(15)23-18/h1-8,10-11H,9H2,(H,21,25)(H,22,23). The molecule has 4 aromatic rings. The number of hydrogen-bond acceptors (Lipinski definition) is 3. The number of hydrogen-bond donors (Lipinski definition) is 2. The van der Waals surface area contributed by atoms with Crippen LogP contribution in [0, 0.1) is 5.82 Å². The van der Waals surface area contributed by atoms with Crippen molar-refractivity contribution in [2.24, 2.45) is 0 Å². The van der Waals surface area contributed by atoms with Crippen molar-refractivity contribution < 1.29 is 9.18 Å². The minimum Gasteiger partial charge on any atom is -0.323 e. The molecule has 0 radical (unpaired) electrons. The third-order valence-electron chi connectivity index (χ3n) is 3.71. The molecule has 0 saturated heterocycles. The summed E-state index contributed by atoms with van der Waals surface area (Å²) in [5.74, 6) is -0.0374. The number of imidazole rings is 1. The number of anilines is 1. The number of nitrogens with zero attached hydrogens (tertiary/aromatic N) is 3. The quantitative estimate of drug-likeness (QED) is 0.602. The van der Waals surface area contributed by atoms with Crippen LogP contribution in [0.2, 0.25) is 0 Å². The number of halogens is 1. The lowest BCUT2D eigenvalue weighted by Crippen LogP contribution is -2.14. The van der Waals surface area contributed by atoms with E-state index in [1.807, 2.05) is 24.3 Å². The minimum absolute atomic E-state index is 0.0909. The Morgan fingerprint density at radius 3 is 2.92 bits per heavy atom. The Kier molecular flexibility index (Phi) is 3.74. The van der Waals surface area contributed by atoms with E-state index in [1.165, 1.54) is 18.3 Å². The number of fused-ring (bicyclic) bond motifs is 1. The van der Waals surface area contributed by atoms with Gasteiger partial charge in [-0.05, 0) is 29.8 Å². The van der Waals surface area contributed by atoms with E-state index in [4.69, 9.17) is 0 Å². The maximum atomic E-state index is 13.2. The lowest BCUT2D eigenvalue weighted by molar-refractivity contribution is -0.115. The zero-order valence-electron chi connectivity index (χ0n) is 13.1. The molecule has 0 fully saturated rings. The van der Waals surface area contributed by atoms with Gasteiger partial charge in [0.2, 0.25) is 11.9 Å². The first-order valence-corrected chi connectivity index (χ1v) is 7.71. The highest BCUT2D eigenvalue weighted by molar-refractivity contribution is 5.92. The van der Waals surface area contributed by atoms with Crippen LogP contribution >= 0.6 is 0 Å². The van der Waals surface area contributed by atoms with Crippen LogP contribution in [0.15, 0.2) is 60.9 Å². The zero-order chi connectivity index (χ0) is 17.2. The Morgan fingerprint density at radius 2 is 2.08 bits per heavy atom. The highest BCUT2D eigenvalue weighted by Crippen LogP contribution is 2.15. The van der Waals surface area contributed by atoms with Gasteiger partial charge in [-0.25, -0.2) is 14.1 Å². The van der Waals surface area contributed by atoms with Gasteiger partial charge in [0.15, 0.2) is 0 Å². The second-order valence-electron chi connectivity index (χ2n) is 5.61. The van der Waals surface area contributed by atoms with Crippen LogP contribution in [-0.2, 0) is 11.2 Å². The Balaban J connectivity index is 1.48. The average Bonchev–Trinajstić information content (AvgIpc) is 3.20. The molecule has 0 spiro atoms. The molecule has 0 bridgehead atoms. The van der Waals surface area contributed by atoms with Gasteiger partial charge in [0.25, 0.3) is 0 Å². The largest absolute Gasteiger partial charge is 0.323 e. The molecule has 2 aromatic heterocycles. The number of amides is 1. The molecular formula is C18H14FN5O. The van der Waals surface area contributed by atoms with E-state index in [0.717, 1.165) is 11.0 Å². The van der Waals surface area contributed by atoms with Crippen LogP contribution in [0.3, 0.4) is 0 Å². The van der Waals surface area contributed by atoms with Gasteiger partial charge in [0.05, 0.1) is 35.5 Å². The van der Waals surface area contributed by atoms with E-state index in [1.54, 1.807) is 23.0 Å². The van der Waals surface area contributed by atoms with Gasteiger partial charge in [-0.1, -0.05) is 24.3 Å². The summed E-state index contributed by atoms with van der Waals surface area (Å²) >= 11 is 0. The van der Waals surface area contributed by atoms with Crippen molar-refractivity contribution in [3.8, 4) is 5.95 Å². The maximum absolute atomic E-state index is 13.2. The van der Waals surface area contributed by atoms with Gasteiger partial charge in [-0.15, -0.1) is 0 Å². The second-order valence-corrected chi connectivity index (χ2v) is 5.61. The lowest BCUT2D eigenvalue weighted by Gasteiger charge is -2.02. The van der Waals surface area contributed by atoms with E-state index < -0.39 is 0 Å². The smallest absolute Gasteiger partial charge is 0.229 e. The first kappa shape index (κ1) is 15.1. The van der Waals surface area contributed by atoms with E-state index in [-0.39, 0.29) is 18.1 Å². The average molecular weight is 335 g/mol. The molecule has 0 saturated carbocycles. The number of benzene rings is 2. The topological polar surface area (TPSA) is 75.6 Å². The van der Waals surface area contributed by atoms with Crippen LogP contribution in [0.25, 0.3) is 17.0 Å². The number of rotatable bonds is 4. The minimum atomic E-state index is -0.358. The summed E-state index contributed by atoms with van der Waals surface area (Å²) in [6.07, 6.45) is 3.30. The van der Waals surface area contributed by atoms with Crippen molar-refractivity contribution in [3.63, 3.8) is 0 Å². The van der Waals surface area contributed by atoms with Gasteiger partial charge in [-0.3, -0.25) is 4.79 Å². The van der Waals surface area contributed by atoms with E-state index in [2.05, 4.69) is 20.4 Å². The second kappa shape index (κ2) is 6.20. The van der Waals surface area contributed by atoms with Crippen molar-refractivity contribution in [2.45, 2.75) is 6.42 Å². The third-order valence-corrected chi connectivity index (χ3v) is 3.71. The van der Waals surface area contributed by atoms with Gasteiger partial charge in [0, 0.05) is 0 Å². The highest BCUT2D eigenvalue weighted by atomic mass is 19.1. The molecular weight excluding hydrogens is 321 g/mol. The van der Waals surface area contributed by atoms with Crippen LogP contribution in [0.4, 0.5) is 10.1 Å². The predicted octanol–water partition coefficient (Wildman–Crippen LogP) is 3.07. The zero-order valence-corrected chi connectivity index (χ0v) is 13.1. The van der Waals surface area contributed by atoms with Crippen LogP contribution in [0.1, 0.15) is 5.56 Å². The Hall–Kier alpha value is -3.48. The Bertz CT molecular complexity index is 1020. The number of carbonyl (C=O) groups excluding carboxylic acids is 1. The van der Waals surface area contributed by atoms with Gasteiger partial charge in [-0.2, -0.15) is 5.10 Å². The van der Waals surface area contributed by atoms with Gasteiger partial charge >= 0.3 is 0 Å². The number of para-hydroxylation sites is 2. The summed E-state index contributed by atoms with van der Waals surface area (Å²) in [4.78, 5) is 19.7. The molecule has 0 atom stereocenters. The van der Waals surface area contributed by atoms with Crippen molar-refractivity contribution in [1.82, 2.24) is 19.7 Å². The molecule has 2 heterocycles. The number of carbonyl (C=O) groups is 1. The van der Waals surface area contributed by atoms with Crippen LogP contribution < -0.4 is 5.32 Å². The van der Waals surface area contributed by atoms with Crippen LogP contribution in [-0.4, -0.2) is 25.7 Å². The molecule has 2 aromatic carbocycles. The number of aromatic amines is 1. The lowest BCUT2D eigenvalue weighted by atomic mass is 10.1. The summed E-state index contributed by atoms with van der Waals surface area (Å²) in [7, 11) is 0. The fraction of sp³-hybridized carbons (Fsp3) is 0.0556. The molecule has 2 N–H and O–H groups in total. The summed E-state index contributed by atoms with van der Waals surface area (Å²) in [6, 6.07) is 13.6. The SMILES string of the molecule is O=C(Cc1cccc(F)c1)Nc1cnn(-c2nc3ccccc3[nH]2)c1. The molecule has 1 amide bonds. The molecule has 6 nitrogen and oxygen atoms in total. The molecule has 0 aliphatic carbocycles. The Labute approximate surface area is 142 Å². The number of aromatic nitrogens is 4. The number of nitrogens with one attached hydrogen (secondary N) is 2. The molecule has 4 rings (SSSR count). The third kappa shape index (κ3) is 3.25. The van der Waals surface area contributed by atoms with Gasteiger partial charge < -0.3 is 10.3 Å². The normalized spacial score (nSPS) is 10.9. The van der Waals surface area contributed by atoms with Crippen molar-refractivity contribution >= 4 is 22.6 Å². The molecule has 25 heavy (non-hydrogen) atoms.